The molecule has 1 aromatic heterocycles. The van der Waals surface area contributed by atoms with Crippen LogP contribution in [0.5, 0.6) is 5.75 Å². The first-order chi connectivity index (χ1) is 13.4. The molecule has 0 spiro atoms. The van der Waals surface area contributed by atoms with Crippen LogP contribution < -0.4 is 10.1 Å². The highest BCUT2D eigenvalue weighted by Gasteiger charge is 2.28. The van der Waals surface area contributed by atoms with Crippen LogP contribution in [0.4, 0.5) is 5.69 Å². The second-order valence-corrected chi connectivity index (χ2v) is 5.69. The van der Waals surface area contributed by atoms with Crippen LogP contribution >= 0.6 is 11.6 Å². The van der Waals surface area contributed by atoms with E-state index in [-0.39, 0.29) is 31.1 Å². The zero-order valence-electron chi connectivity index (χ0n) is 15.5. The summed E-state index contributed by atoms with van der Waals surface area (Å²) < 4.78 is 15.8. The Hall–Kier alpha value is -3.14. The Labute approximate surface area is 165 Å². The number of carbonyl (C=O) groups is 3. The van der Waals surface area contributed by atoms with E-state index in [2.05, 4.69) is 15.6 Å². The monoisotopic (exact) mass is 410 g/mol. The number of aromatic nitrogens is 3. The van der Waals surface area contributed by atoms with Crippen molar-refractivity contribution in [3.8, 4) is 5.75 Å². The predicted molar refractivity (Wildman–Crippen MR) is 98.6 cm³/mol. The molecule has 0 saturated heterocycles. The number of benzene rings is 1. The molecule has 28 heavy (non-hydrogen) atoms. The van der Waals surface area contributed by atoms with Crippen molar-refractivity contribution in [1.82, 2.24) is 15.0 Å². The van der Waals surface area contributed by atoms with E-state index >= 15 is 0 Å². The largest absolute Gasteiger partial charge is 0.495 e. The van der Waals surface area contributed by atoms with Crippen LogP contribution in [0.1, 0.15) is 34.8 Å². The van der Waals surface area contributed by atoms with Gasteiger partial charge < -0.3 is 19.5 Å². The van der Waals surface area contributed by atoms with Crippen molar-refractivity contribution >= 4 is 35.1 Å². The van der Waals surface area contributed by atoms with Crippen molar-refractivity contribution in [3.05, 3.63) is 34.6 Å². The standard InChI is InChI=1S/C17H19ClN4O6/c1-4-27-16(24)14-15(17(25)28-5-2)22(21-20-14)9-13(23)19-10-6-7-12(26-3)11(18)8-10/h6-8H,4-5,9H2,1-3H3,(H,19,23). The van der Waals surface area contributed by atoms with Crippen molar-refractivity contribution in [1.29, 1.82) is 0 Å². The Morgan fingerprint density at radius 1 is 1.14 bits per heavy atom. The van der Waals surface area contributed by atoms with Gasteiger partial charge in [-0.25, -0.2) is 14.3 Å². The molecule has 150 valence electrons. The summed E-state index contributed by atoms with van der Waals surface area (Å²) in [7, 11) is 1.47. The number of rotatable bonds is 8. The molecule has 0 atom stereocenters. The van der Waals surface area contributed by atoms with E-state index in [1.54, 1.807) is 26.0 Å². The maximum Gasteiger partial charge on any atom is 0.361 e. The molecule has 0 fully saturated rings. The molecule has 0 unspecified atom stereocenters. The van der Waals surface area contributed by atoms with Gasteiger partial charge in [-0.2, -0.15) is 0 Å². The van der Waals surface area contributed by atoms with Crippen LogP contribution in [0.25, 0.3) is 0 Å². The van der Waals surface area contributed by atoms with Crippen molar-refractivity contribution in [2.24, 2.45) is 0 Å². The summed E-state index contributed by atoms with van der Waals surface area (Å²) in [5.41, 5.74) is -0.164. The van der Waals surface area contributed by atoms with Gasteiger partial charge in [-0.15, -0.1) is 5.10 Å². The van der Waals surface area contributed by atoms with E-state index < -0.39 is 17.8 Å². The molecule has 1 amide bonds. The second-order valence-electron chi connectivity index (χ2n) is 5.28. The summed E-state index contributed by atoms with van der Waals surface area (Å²) in [5, 5.41) is 10.3. The minimum absolute atomic E-state index is 0.0722. The van der Waals surface area contributed by atoms with Gasteiger partial charge in [-0.3, -0.25) is 4.79 Å². The van der Waals surface area contributed by atoms with Crippen LogP contribution in [-0.2, 0) is 20.8 Å². The Bertz CT molecular complexity index is 883. The fourth-order valence-corrected chi connectivity index (χ4v) is 2.50. The normalized spacial score (nSPS) is 10.3. The Morgan fingerprint density at radius 3 is 2.43 bits per heavy atom. The third-order valence-corrected chi connectivity index (χ3v) is 3.70. The number of carbonyl (C=O) groups excluding carboxylic acids is 3. The van der Waals surface area contributed by atoms with Gasteiger partial charge in [-0.05, 0) is 32.0 Å². The van der Waals surface area contributed by atoms with Crippen LogP contribution in [0.15, 0.2) is 18.2 Å². The van der Waals surface area contributed by atoms with Gasteiger partial charge in [0, 0.05) is 5.69 Å². The average molecular weight is 411 g/mol. The lowest BCUT2D eigenvalue weighted by Gasteiger charge is -2.09. The topological polar surface area (TPSA) is 122 Å². The van der Waals surface area contributed by atoms with Gasteiger partial charge in [0.05, 0.1) is 25.3 Å². The van der Waals surface area contributed by atoms with Gasteiger partial charge in [0.1, 0.15) is 12.3 Å². The first-order valence-corrected chi connectivity index (χ1v) is 8.70. The van der Waals surface area contributed by atoms with Crippen LogP contribution in [0.2, 0.25) is 5.02 Å². The van der Waals surface area contributed by atoms with E-state index in [4.69, 9.17) is 25.8 Å². The molecule has 0 aliphatic heterocycles. The minimum Gasteiger partial charge on any atom is -0.495 e. The molecule has 11 heteroatoms. The molecule has 10 nitrogen and oxygen atoms in total. The van der Waals surface area contributed by atoms with E-state index in [0.717, 1.165) is 4.68 Å². The molecule has 0 aliphatic rings. The highest BCUT2D eigenvalue weighted by Crippen LogP contribution is 2.27. The predicted octanol–water partition coefficient (Wildman–Crippen LogP) is 1.93. The number of amides is 1. The van der Waals surface area contributed by atoms with Crippen molar-refractivity contribution in [2.45, 2.75) is 20.4 Å². The summed E-state index contributed by atoms with van der Waals surface area (Å²) in [6, 6.07) is 4.70. The van der Waals surface area contributed by atoms with Gasteiger partial charge in [0.25, 0.3) is 0 Å². The second kappa shape index (κ2) is 9.70. The molecule has 0 bridgehead atoms. The Kier molecular flexibility index (Phi) is 7.33. The van der Waals surface area contributed by atoms with Gasteiger partial charge in [0.2, 0.25) is 11.6 Å². The SMILES string of the molecule is CCOC(=O)c1nnn(CC(=O)Nc2ccc(OC)c(Cl)c2)c1C(=O)OCC. The lowest BCUT2D eigenvalue weighted by Crippen LogP contribution is -2.24. The quantitative estimate of drug-likeness (QED) is 0.655. The zero-order valence-corrected chi connectivity index (χ0v) is 16.3. The van der Waals surface area contributed by atoms with E-state index in [1.165, 1.54) is 13.2 Å². The van der Waals surface area contributed by atoms with Crippen molar-refractivity contribution < 1.29 is 28.6 Å². The number of halogens is 1. The molecule has 1 heterocycles. The summed E-state index contributed by atoms with van der Waals surface area (Å²) in [6.07, 6.45) is 0. The number of ether oxygens (including phenoxy) is 3. The van der Waals surface area contributed by atoms with Crippen molar-refractivity contribution in [2.75, 3.05) is 25.6 Å². The van der Waals surface area contributed by atoms with E-state index in [9.17, 15) is 14.4 Å². The lowest BCUT2D eigenvalue weighted by molar-refractivity contribution is -0.116. The highest BCUT2D eigenvalue weighted by atomic mass is 35.5. The summed E-state index contributed by atoms with van der Waals surface area (Å²) in [4.78, 5) is 36.5. The van der Waals surface area contributed by atoms with Gasteiger partial charge in [-0.1, -0.05) is 16.8 Å². The molecule has 0 aliphatic carbocycles. The first-order valence-electron chi connectivity index (χ1n) is 8.32. The molecule has 0 saturated carbocycles. The molecule has 0 radical (unpaired) electrons. The molecular formula is C17H19ClN4O6. The van der Waals surface area contributed by atoms with Crippen LogP contribution in [0.3, 0.4) is 0 Å². The van der Waals surface area contributed by atoms with Crippen LogP contribution in [0, 0.1) is 0 Å². The van der Waals surface area contributed by atoms with Gasteiger partial charge >= 0.3 is 11.9 Å². The molecular weight excluding hydrogens is 392 g/mol. The maximum atomic E-state index is 12.3. The first kappa shape index (κ1) is 21.2. The third kappa shape index (κ3) is 4.97. The number of anilines is 1. The maximum absolute atomic E-state index is 12.3. The zero-order chi connectivity index (χ0) is 20.7. The van der Waals surface area contributed by atoms with E-state index in [0.29, 0.717) is 16.5 Å². The van der Waals surface area contributed by atoms with Gasteiger partial charge in [0.15, 0.2) is 5.69 Å². The summed E-state index contributed by atoms with van der Waals surface area (Å²) >= 11 is 6.03. The minimum atomic E-state index is -0.837. The van der Waals surface area contributed by atoms with E-state index in [1.807, 2.05) is 0 Å². The lowest BCUT2D eigenvalue weighted by atomic mass is 10.3. The average Bonchev–Trinajstić information content (AvgIpc) is 3.06. The fraction of sp³-hybridized carbons (Fsp3) is 0.353. The Morgan fingerprint density at radius 2 is 1.82 bits per heavy atom. The smallest absolute Gasteiger partial charge is 0.361 e. The fourth-order valence-electron chi connectivity index (χ4n) is 2.24. The van der Waals surface area contributed by atoms with Crippen molar-refractivity contribution in [3.63, 3.8) is 0 Å². The third-order valence-electron chi connectivity index (χ3n) is 3.40. The number of esters is 2. The molecule has 2 aromatic rings. The number of nitrogens with zero attached hydrogens (tertiary/aromatic N) is 3. The number of hydrogen-bond acceptors (Lipinski definition) is 8. The highest BCUT2D eigenvalue weighted by molar-refractivity contribution is 6.32. The number of methoxy groups -OCH3 is 1. The number of hydrogen-bond donors (Lipinski definition) is 1. The summed E-state index contributed by atoms with van der Waals surface area (Å²) in [6.45, 7) is 3.00. The molecule has 1 aromatic carbocycles. The molecule has 1 N–H and O–H groups in total. The summed E-state index contributed by atoms with van der Waals surface area (Å²) in [5.74, 6) is -1.73. The number of nitrogens with one attached hydrogen (secondary N) is 1. The van der Waals surface area contributed by atoms with Crippen LogP contribution in [-0.4, -0.2) is 53.2 Å². The molecule has 2 rings (SSSR count). The Balaban J connectivity index is 2.22.